The molecule has 0 atom stereocenters. The Kier molecular flexibility index (Phi) is 22.7. The highest BCUT2D eigenvalue weighted by atomic mass is 35.5. The van der Waals surface area contributed by atoms with Gasteiger partial charge < -0.3 is 0 Å². The first-order valence-electron chi connectivity index (χ1n) is 2.75. The lowest BCUT2D eigenvalue weighted by molar-refractivity contribution is -0.387. The van der Waals surface area contributed by atoms with Gasteiger partial charge in [-0.1, -0.05) is 17.7 Å². The molecule has 1 rings (SSSR count). The first-order chi connectivity index (χ1) is 5.13. The van der Waals surface area contributed by atoms with Crippen LogP contribution in [0.25, 0.3) is 0 Å². The predicted octanol–water partition coefficient (Wildman–Crippen LogP) is 3.57. The van der Waals surface area contributed by atoms with Gasteiger partial charge in [-0.05, 0) is 12.1 Å². The smallest absolute Gasteiger partial charge is 0.269 e. The quantitative estimate of drug-likeness (QED) is 0.373. The molecule has 0 fully saturated rings. The Morgan fingerprint density at radius 2 is 1.62 bits per heavy atom. The van der Waals surface area contributed by atoms with Gasteiger partial charge in [0.25, 0.3) is 0 Å². The van der Waals surface area contributed by atoms with E-state index < -0.39 is 4.92 Å². The van der Waals surface area contributed by atoms with Gasteiger partial charge in [0.2, 0.25) is 0 Å². The SMILES string of the molecule is Cl.F.F.F.F.O=[N+]([O-])c1c(S)cccc1Cl. The minimum Gasteiger partial charge on any atom is -0.269 e. The zero-order valence-corrected chi connectivity index (χ0v) is 9.83. The molecule has 98 valence electrons. The Morgan fingerprint density at radius 1 is 1.19 bits per heavy atom. The molecule has 0 N–H and O–H groups in total. The predicted molar refractivity (Wildman–Crippen MR) is 62.6 cm³/mol. The molecule has 0 bridgehead atoms. The van der Waals surface area contributed by atoms with Gasteiger partial charge >= 0.3 is 5.69 Å². The van der Waals surface area contributed by atoms with Crippen LogP contribution in [0.2, 0.25) is 5.02 Å². The van der Waals surface area contributed by atoms with Gasteiger partial charge in [0.15, 0.2) is 0 Å². The normalized spacial score (nSPS) is 6.62. The zero-order valence-electron chi connectivity index (χ0n) is 7.36. The van der Waals surface area contributed by atoms with Gasteiger partial charge in [-0.25, -0.2) is 0 Å². The molecule has 0 aliphatic carbocycles. The van der Waals surface area contributed by atoms with E-state index in [0.29, 0.717) is 0 Å². The molecule has 0 saturated heterocycles. The fourth-order valence-electron chi connectivity index (χ4n) is 0.685. The lowest BCUT2D eigenvalue weighted by Gasteiger charge is -1.95. The minimum absolute atomic E-state index is 0. The maximum absolute atomic E-state index is 10.3. The number of thiol groups is 1. The van der Waals surface area contributed by atoms with E-state index in [1.807, 2.05) is 0 Å². The molecule has 0 saturated carbocycles. The van der Waals surface area contributed by atoms with Gasteiger partial charge in [0.05, 0.1) is 9.82 Å². The second kappa shape index (κ2) is 12.3. The number of benzene rings is 1. The first-order valence-corrected chi connectivity index (χ1v) is 3.57. The Morgan fingerprint density at radius 3 is 1.88 bits per heavy atom. The van der Waals surface area contributed by atoms with E-state index in [9.17, 15) is 10.1 Å². The van der Waals surface area contributed by atoms with Crippen LogP contribution in [0.1, 0.15) is 0 Å². The number of rotatable bonds is 1. The van der Waals surface area contributed by atoms with Gasteiger partial charge in [-0.3, -0.25) is 28.9 Å². The third-order valence-corrected chi connectivity index (χ3v) is 1.81. The molecular formula is C6H9Cl2F4NO2S. The molecule has 0 aromatic heterocycles. The average molecular weight is 306 g/mol. The summed E-state index contributed by atoms with van der Waals surface area (Å²) >= 11 is 9.41. The summed E-state index contributed by atoms with van der Waals surface area (Å²) < 4.78 is 0. The van der Waals surface area contributed by atoms with Crippen LogP contribution in [-0.4, -0.2) is 4.92 Å². The van der Waals surface area contributed by atoms with Crippen molar-refractivity contribution in [1.82, 2.24) is 0 Å². The fraction of sp³-hybridized carbons (Fsp3) is 0. The van der Waals surface area contributed by atoms with Gasteiger partial charge in [-0.15, -0.1) is 25.0 Å². The molecule has 0 radical (unpaired) electrons. The molecule has 1 aromatic rings. The second-order valence-electron chi connectivity index (χ2n) is 1.86. The summed E-state index contributed by atoms with van der Waals surface area (Å²) in [6, 6.07) is 4.59. The second-order valence-corrected chi connectivity index (χ2v) is 2.75. The van der Waals surface area contributed by atoms with Crippen molar-refractivity contribution in [3.8, 4) is 0 Å². The Balaban J connectivity index is -0.0000000807. The number of para-hydroxylation sites is 1. The lowest BCUT2D eigenvalue weighted by atomic mass is 10.3. The minimum atomic E-state index is -0.551. The summed E-state index contributed by atoms with van der Waals surface area (Å²) in [7, 11) is 0. The van der Waals surface area contributed by atoms with E-state index in [0.717, 1.165) is 0 Å². The van der Waals surface area contributed by atoms with E-state index in [2.05, 4.69) is 12.6 Å². The summed E-state index contributed by atoms with van der Waals surface area (Å²) in [5.41, 5.74) is -0.141. The molecule has 0 unspecified atom stereocenters. The molecule has 0 aliphatic rings. The maximum Gasteiger partial charge on any atom is 0.301 e. The summed E-state index contributed by atoms with van der Waals surface area (Å²) in [6.07, 6.45) is 0. The third kappa shape index (κ3) is 6.70. The number of halogens is 6. The maximum atomic E-state index is 10.3. The van der Waals surface area contributed by atoms with Crippen molar-refractivity contribution in [3.05, 3.63) is 33.3 Å². The van der Waals surface area contributed by atoms with Crippen LogP contribution in [0.3, 0.4) is 0 Å². The van der Waals surface area contributed by atoms with Crippen LogP contribution >= 0.6 is 36.6 Å². The highest BCUT2D eigenvalue weighted by Gasteiger charge is 2.14. The molecule has 0 amide bonds. The fourth-order valence-corrected chi connectivity index (χ4v) is 1.28. The standard InChI is InChI=1S/C6H4ClNO2S.ClH.4FH/c7-4-2-1-3-5(11)6(4)8(9)10;;;;;/h1-3,11H;5*1H. The van der Waals surface area contributed by atoms with E-state index in [4.69, 9.17) is 11.6 Å². The monoisotopic (exact) mass is 305 g/mol. The van der Waals surface area contributed by atoms with Crippen LogP contribution in [0.4, 0.5) is 24.5 Å². The van der Waals surface area contributed by atoms with Crippen molar-refractivity contribution in [2.24, 2.45) is 0 Å². The molecular weight excluding hydrogens is 297 g/mol. The molecule has 3 nitrogen and oxygen atoms in total. The lowest BCUT2D eigenvalue weighted by Crippen LogP contribution is -1.89. The highest BCUT2D eigenvalue weighted by Crippen LogP contribution is 2.30. The Bertz CT molecular complexity index is 298. The van der Waals surface area contributed by atoms with Crippen molar-refractivity contribution >= 4 is 42.3 Å². The molecule has 16 heavy (non-hydrogen) atoms. The summed E-state index contributed by atoms with van der Waals surface area (Å²) in [6.45, 7) is 0. The number of nitrogens with zero attached hydrogens (tertiary/aromatic N) is 1. The first kappa shape index (κ1) is 29.5. The largest absolute Gasteiger partial charge is 0.301 e. The Hall–Kier alpha value is -0.730. The average Bonchev–Trinajstić information content (AvgIpc) is 1.85. The van der Waals surface area contributed by atoms with E-state index in [1.165, 1.54) is 12.1 Å². The van der Waals surface area contributed by atoms with E-state index >= 15 is 0 Å². The van der Waals surface area contributed by atoms with Crippen LogP contribution in [0, 0.1) is 10.1 Å². The van der Waals surface area contributed by atoms with Crippen molar-refractivity contribution in [3.63, 3.8) is 0 Å². The molecule has 0 spiro atoms. The number of hydrogen-bond donors (Lipinski definition) is 1. The van der Waals surface area contributed by atoms with Gasteiger partial charge in [0, 0.05) is 0 Å². The molecule has 1 aromatic carbocycles. The van der Waals surface area contributed by atoms with Crippen LogP contribution in [0.15, 0.2) is 23.1 Å². The zero-order chi connectivity index (χ0) is 8.43. The molecule has 0 aliphatic heterocycles. The Labute approximate surface area is 105 Å². The highest BCUT2D eigenvalue weighted by molar-refractivity contribution is 7.80. The van der Waals surface area contributed by atoms with Crippen molar-refractivity contribution in [2.75, 3.05) is 0 Å². The summed E-state index contributed by atoms with van der Waals surface area (Å²) in [5, 5.41) is 10.4. The van der Waals surface area contributed by atoms with Crippen LogP contribution < -0.4 is 0 Å². The third-order valence-electron chi connectivity index (χ3n) is 1.15. The summed E-state index contributed by atoms with van der Waals surface area (Å²) in [5.74, 6) is 0. The van der Waals surface area contributed by atoms with Crippen LogP contribution in [-0.2, 0) is 0 Å². The molecule has 10 heteroatoms. The van der Waals surface area contributed by atoms with Gasteiger partial charge in [0.1, 0.15) is 5.02 Å². The topological polar surface area (TPSA) is 43.1 Å². The molecule has 0 heterocycles. The number of nitro benzene ring substituents is 1. The van der Waals surface area contributed by atoms with Crippen molar-refractivity contribution in [1.29, 1.82) is 0 Å². The van der Waals surface area contributed by atoms with Crippen LogP contribution in [0.5, 0.6) is 0 Å². The van der Waals surface area contributed by atoms with Gasteiger partial charge in [-0.2, -0.15) is 0 Å². The van der Waals surface area contributed by atoms with Crippen molar-refractivity contribution in [2.45, 2.75) is 4.90 Å². The number of nitro groups is 1. The number of hydrogen-bond acceptors (Lipinski definition) is 3. The summed E-state index contributed by atoms with van der Waals surface area (Å²) in [4.78, 5) is 10.0. The van der Waals surface area contributed by atoms with Crippen molar-refractivity contribution < 1.29 is 23.7 Å². The van der Waals surface area contributed by atoms with E-state index in [1.54, 1.807) is 6.07 Å². The van der Waals surface area contributed by atoms with E-state index in [-0.39, 0.29) is 46.8 Å².